The molecule has 0 radical (unpaired) electrons. The first-order valence-electron chi connectivity index (χ1n) is 24.6. The molecule has 2 saturated carbocycles. The molecular formula is C59H79NO4. The molecule has 64 heavy (non-hydrogen) atoms. The molecule has 0 aromatic heterocycles. The molecule has 6 rings (SSSR count). The lowest BCUT2D eigenvalue weighted by molar-refractivity contribution is 0.0517. The molecule has 344 valence electrons. The highest BCUT2D eigenvalue weighted by Gasteiger charge is 2.33. The van der Waals surface area contributed by atoms with Gasteiger partial charge in [-0.1, -0.05) is 151 Å². The van der Waals surface area contributed by atoms with Gasteiger partial charge in [0.1, 0.15) is 11.5 Å². The van der Waals surface area contributed by atoms with Crippen molar-refractivity contribution in [2.24, 2.45) is 0 Å². The van der Waals surface area contributed by atoms with E-state index < -0.39 is 11.2 Å². The lowest BCUT2D eigenvalue weighted by Crippen LogP contribution is -2.28. The summed E-state index contributed by atoms with van der Waals surface area (Å²) in [5.74, 6) is 1.29. The summed E-state index contributed by atoms with van der Waals surface area (Å²) in [5.41, 5.74) is 10.8. The molecule has 3 N–H and O–H groups in total. The average molecular weight is 866 g/mol. The van der Waals surface area contributed by atoms with E-state index in [-0.39, 0.29) is 10.8 Å². The number of rotatable bonds is 17. The number of aryl methyl sites for hydroxylation is 4. The third kappa shape index (κ3) is 12.2. The van der Waals surface area contributed by atoms with Crippen molar-refractivity contribution >= 4 is 12.2 Å². The molecule has 0 unspecified atom stereocenters. The van der Waals surface area contributed by atoms with Crippen LogP contribution in [0.2, 0.25) is 0 Å². The summed E-state index contributed by atoms with van der Waals surface area (Å²) >= 11 is 0. The van der Waals surface area contributed by atoms with Crippen LogP contribution in [0.15, 0.2) is 84.9 Å². The molecule has 2 aliphatic rings. The van der Waals surface area contributed by atoms with E-state index in [9.17, 15) is 15.3 Å². The van der Waals surface area contributed by atoms with Crippen LogP contribution < -0.4 is 4.74 Å². The maximum Gasteiger partial charge on any atom is 0.214 e. The second kappa shape index (κ2) is 23.0. The molecule has 2 aliphatic carbocycles. The van der Waals surface area contributed by atoms with Crippen LogP contribution in [0, 0.1) is 34.3 Å². The first kappa shape index (κ1) is 50.4. The first-order chi connectivity index (χ1) is 30.7. The number of hydrogen-bond acceptors (Lipinski definition) is 4. The maximum atomic E-state index is 10.9. The zero-order valence-corrected chi connectivity index (χ0v) is 40.7. The molecule has 5 nitrogen and oxygen atoms in total. The quantitative estimate of drug-likeness (QED) is 0.0730. The van der Waals surface area contributed by atoms with E-state index in [1.807, 2.05) is 25.1 Å². The summed E-state index contributed by atoms with van der Waals surface area (Å²) in [5, 5.41) is 31.6. The van der Waals surface area contributed by atoms with Crippen LogP contribution >= 0.6 is 0 Å². The van der Waals surface area contributed by atoms with E-state index in [2.05, 4.69) is 132 Å². The van der Waals surface area contributed by atoms with Crippen molar-refractivity contribution in [2.75, 3.05) is 13.2 Å². The number of ether oxygens (including phenoxy) is 1. The minimum atomic E-state index is -0.641. The number of aliphatic hydroxyl groups is 2. The van der Waals surface area contributed by atoms with Crippen LogP contribution in [0.3, 0.4) is 0 Å². The smallest absolute Gasteiger partial charge is 0.214 e. The van der Waals surface area contributed by atoms with E-state index in [0.717, 1.165) is 107 Å². The van der Waals surface area contributed by atoms with Gasteiger partial charge >= 0.3 is 0 Å². The number of unbranched alkanes of at least 4 members (excludes halogenated alkanes) is 1. The Morgan fingerprint density at radius 3 is 1.36 bits per heavy atom. The van der Waals surface area contributed by atoms with Gasteiger partial charge in [0.05, 0.1) is 17.8 Å². The van der Waals surface area contributed by atoms with Gasteiger partial charge < -0.3 is 24.9 Å². The van der Waals surface area contributed by atoms with Gasteiger partial charge in [0.15, 0.2) is 0 Å². The van der Waals surface area contributed by atoms with Crippen molar-refractivity contribution in [3.8, 4) is 11.5 Å². The van der Waals surface area contributed by atoms with Crippen molar-refractivity contribution < 1.29 is 20.1 Å². The van der Waals surface area contributed by atoms with E-state index in [1.165, 1.54) is 57.3 Å². The number of phenolic OH excluding ortho intramolecular Hbond substituents is 1. The Balaban J connectivity index is 0.000000245. The fraction of sp³-hybridized carbons (Fsp3) is 0.508. The Kier molecular flexibility index (Phi) is 18.1. The molecular weight excluding hydrogens is 787 g/mol. The molecule has 4 aromatic carbocycles. The second-order valence-electron chi connectivity index (χ2n) is 19.1. The van der Waals surface area contributed by atoms with E-state index >= 15 is 0 Å². The third-order valence-electron chi connectivity index (χ3n) is 15.0. The largest absolute Gasteiger partial charge is 0.508 e. The second-order valence-corrected chi connectivity index (χ2v) is 19.1. The van der Waals surface area contributed by atoms with Crippen molar-refractivity contribution in [1.82, 2.24) is 0 Å². The summed E-state index contributed by atoms with van der Waals surface area (Å²) in [6, 6.07) is 26.2. The van der Waals surface area contributed by atoms with Crippen molar-refractivity contribution in [2.45, 2.75) is 180 Å². The normalized spacial score (nSPS) is 16.3. The summed E-state index contributed by atoms with van der Waals surface area (Å²) in [6.45, 7) is 25.6. The highest BCUT2D eigenvalue weighted by atomic mass is 16.5. The van der Waals surface area contributed by atoms with Gasteiger partial charge in [-0.2, -0.15) is 0 Å². The van der Waals surface area contributed by atoms with E-state index in [1.54, 1.807) is 0 Å². The lowest BCUT2D eigenvalue weighted by Gasteiger charge is -2.34. The van der Waals surface area contributed by atoms with Gasteiger partial charge in [0.25, 0.3) is 0 Å². The monoisotopic (exact) mass is 866 g/mol. The van der Waals surface area contributed by atoms with Crippen LogP contribution in [0.25, 0.3) is 17.0 Å². The highest BCUT2D eigenvalue weighted by molar-refractivity contribution is 5.59. The SMILES string of the molecule is CCC(CC)(c1ccc(O)c(C)c1)c1ccc(/C=C/C2(O)CCCCC2)c(C)c1.[C-]#[N+]CCCCOc1ccc(C(CC)(CC)c2ccc(/C=C/C3(O)CCCCC3)c(C)c2)cc1C. The first-order valence-corrected chi connectivity index (χ1v) is 24.6. The summed E-state index contributed by atoms with van der Waals surface area (Å²) < 4.78 is 6.01. The number of aromatic hydroxyl groups is 1. The third-order valence-corrected chi connectivity index (χ3v) is 15.0. The molecule has 0 saturated heterocycles. The van der Waals surface area contributed by atoms with E-state index in [4.69, 9.17) is 11.3 Å². The van der Waals surface area contributed by atoms with Crippen LogP contribution in [-0.4, -0.2) is 39.7 Å². The number of nitrogens with zero attached hydrogens (tertiary/aromatic N) is 1. The van der Waals surface area contributed by atoms with Crippen LogP contribution in [0.5, 0.6) is 11.5 Å². The van der Waals surface area contributed by atoms with Crippen LogP contribution in [-0.2, 0) is 10.8 Å². The minimum Gasteiger partial charge on any atom is -0.508 e. The topological polar surface area (TPSA) is 74.3 Å². The molecule has 0 atom stereocenters. The Labute approximate surface area is 387 Å². The van der Waals surface area contributed by atoms with E-state index in [0.29, 0.717) is 18.9 Å². The number of benzene rings is 4. The van der Waals surface area contributed by atoms with Gasteiger partial charge in [-0.25, -0.2) is 6.57 Å². The zero-order valence-electron chi connectivity index (χ0n) is 40.7. The molecule has 4 aromatic rings. The van der Waals surface area contributed by atoms with Gasteiger partial charge in [-0.05, 0) is 153 Å². The van der Waals surface area contributed by atoms with Crippen molar-refractivity contribution in [3.05, 3.63) is 152 Å². The summed E-state index contributed by atoms with van der Waals surface area (Å²) in [6.07, 6.45) is 24.5. The Bertz CT molecular complexity index is 2220. The molecule has 0 amide bonds. The fourth-order valence-corrected chi connectivity index (χ4v) is 10.5. The number of hydrogen-bond donors (Lipinski definition) is 3. The Morgan fingerprint density at radius 2 is 0.969 bits per heavy atom. The van der Waals surface area contributed by atoms with Crippen molar-refractivity contribution in [3.63, 3.8) is 0 Å². The molecule has 2 fully saturated rings. The summed E-state index contributed by atoms with van der Waals surface area (Å²) in [7, 11) is 0. The van der Waals surface area contributed by atoms with Gasteiger partial charge in [0.2, 0.25) is 6.54 Å². The number of phenols is 1. The van der Waals surface area contributed by atoms with Gasteiger partial charge in [-0.15, -0.1) is 0 Å². The average Bonchev–Trinajstić information content (AvgIpc) is 3.29. The van der Waals surface area contributed by atoms with Crippen LogP contribution in [0.1, 0.15) is 186 Å². The lowest BCUT2D eigenvalue weighted by atomic mass is 9.70. The molecule has 5 heteroatoms. The predicted octanol–water partition coefficient (Wildman–Crippen LogP) is 15.0. The highest BCUT2D eigenvalue weighted by Crippen LogP contribution is 2.43. The molecule has 0 aliphatic heterocycles. The summed E-state index contributed by atoms with van der Waals surface area (Å²) in [4.78, 5) is 3.41. The molecule has 0 bridgehead atoms. The van der Waals surface area contributed by atoms with Crippen molar-refractivity contribution in [1.29, 1.82) is 0 Å². The maximum absolute atomic E-state index is 10.9. The predicted molar refractivity (Wildman–Crippen MR) is 269 cm³/mol. The standard InChI is InChI=1S/C32H43NO2.C27H36O2/c1-6-32(7-2,29-15-16-30(26(4)24-29)35-22-12-11-21-33-5)28-14-13-27(25(3)23-28)17-20-31(34)18-9-8-10-19-31;1-5-27(6-2,24-12-13-25(28)21(4)19-24)23-11-10-22(20(3)18-23)14-17-26(29)15-8-7-9-16-26/h13-17,20,23-24,34H,6-12,18-19,21-22H2,1-4H3;10-14,17-19,28-29H,5-9,15-16H2,1-4H3/b20-17+;17-14+. The Hall–Kier alpha value is -4.63. The minimum absolute atomic E-state index is 0.0481. The van der Waals surface area contributed by atoms with Gasteiger partial charge in [0, 0.05) is 17.3 Å². The zero-order chi connectivity index (χ0) is 46.4. The molecule has 0 spiro atoms. The fourth-order valence-electron chi connectivity index (χ4n) is 10.5. The molecule has 0 heterocycles. The van der Waals surface area contributed by atoms with Crippen LogP contribution in [0.4, 0.5) is 0 Å². The van der Waals surface area contributed by atoms with Gasteiger partial charge in [-0.3, -0.25) is 0 Å². The Morgan fingerprint density at radius 1 is 0.562 bits per heavy atom.